The third-order valence-electron chi connectivity index (χ3n) is 2.28. The topological polar surface area (TPSA) is 87.7 Å². The molecule has 2 aromatic rings. The summed E-state index contributed by atoms with van der Waals surface area (Å²) in [5.74, 6) is 0.399. The fourth-order valence-electron chi connectivity index (χ4n) is 1.37. The molecule has 2 N–H and O–H groups in total. The van der Waals surface area contributed by atoms with Crippen molar-refractivity contribution in [2.45, 2.75) is 18.1 Å². The van der Waals surface area contributed by atoms with Gasteiger partial charge in [-0.1, -0.05) is 0 Å². The lowest BCUT2D eigenvalue weighted by Crippen LogP contribution is -2.14. The van der Waals surface area contributed by atoms with Crippen LogP contribution in [0.4, 0.5) is 18.9 Å². The number of hydrogen-bond acceptors (Lipinski definition) is 4. The van der Waals surface area contributed by atoms with E-state index in [1.807, 2.05) is 0 Å². The first-order valence-electron chi connectivity index (χ1n) is 5.26. The van der Waals surface area contributed by atoms with E-state index in [4.69, 9.17) is 0 Å². The number of hydrogen-bond donors (Lipinski definition) is 2. The number of aromatic nitrogens is 3. The maximum Gasteiger partial charge on any atom is 0.433 e. The minimum Gasteiger partial charge on any atom is -0.332 e. The molecule has 20 heavy (non-hydrogen) atoms. The van der Waals surface area contributed by atoms with E-state index in [-0.39, 0.29) is 10.7 Å². The van der Waals surface area contributed by atoms with E-state index in [9.17, 15) is 21.6 Å². The Hall–Kier alpha value is -2.10. The maximum absolute atomic E-state index is 12.3. The van der Waals surface area contributed by atoms with Crippen molar-refractivity contribution in [1.82, 2.24) is 15.0 Å². The normalized spacial score (nSPS) is 12.4. The number of aromatic amines is 1. The van der Waals surface area contributed by atoms with Gasteiger partial charge in [0.05, 0.1) is 18.1 Å². The van der Waals surface area contributed by atoms with Crippen molar-refractivity contribution in [2.24, 2.45) is 0 Å². The minimum atomic E-state index is -4.57. The molecule has 0 aliphatic carbocycles. The fraction of sp³-hybridized carbons (Fsp3) is 0.200. The average Bonchev–Trinajstić information content (AvgIpc) is 2.76. The first-order valence-corrected chi connectivity index (χ1v) is 6.74. The smallest absolute Gasteiger partial charge is 0.332 e. The molecular formula is C10H9F3N4O2S. The lowest BCUT2D eigenvalue weighted by atomic mass is 10.3. The molecular weight excluding hydrogens is 297 g/mol. The second-order valence-corrected chi connectivity index (χ2v) is 5.52. The Morgan fingerprint density at radius 3 is 2.35 bits per heavy atom. The van der Waals surface area contributed by atoms with Gasteiger partial charge in [0.25, 0.3) is 10.0 Å². The van der Waals surface area contributed by atoms with Gasteiger partial charge in [0.2, 0.25) is 0 Å². The predicted octanol–water partition coefficient (Wildman–Crippen LogP) is 1.93. The second-order valence-electron chi connectivity index (χ2n) is 3.87. The third kappa shape index (κ3) is 3.07. The lowest BCUT2D eigenvalue weighted by molar-refractivity contribution is -0.141. The Morgan fingerprint density at radius 1 is 1.20 bits per heavy atom. The van der Waals surface area contributed by atoms with Crippen LogP contribution in [0.25, 0.3) is 0 Å². The summed E-state index contributed by atoms with van der Waals surface area (Å²) in [4.78, 5) is 9.40. The Balaban J connectivity index is 2.22. The van der Waals surface area contributed by atoms with Crippen LogP contribution in [0.15, 0.2) is 29.6 Å². The lowest BCUT2D eigenvalue weighted by Gasteiger charge is -2.08. The number of sulfonamides is 1. The van der Waals surface area contributed by atoms with E-state index in [2.05, 4.69) is 19.7 Å². The van der Waals surface area contributed by atoms with E-state index in [0.717, 1.165) is 18.5 Å². The summed E-state index contributed by atoms with van der Waals surface area (Å²) in [7, 11) is -3.93. The van der Waals surface area contributed by atoms with Crippen LogP contribution >= 0.6 is 0 Å². The van der Waals surface area contributed by atoms with E-state index in [1.54, 1.807) is 6.92 Å². The van der Waals surface area contributed by atoms with Gasteiger partial charge in [-0.3, -0.25) is 4.72 Å². The number of anilines is 1. The summed E-state index contributed by atoms with van der Waals surface area (Å²) in [5, 5.41) is -0.185. The maximum atomic E-state index is 12.3. The second kappa shape index (κ2) is 4.78. The largest absolute Gasteiger partial charge is 0.433 e. The Kier molecular flexibility index (Phi) is 3.42. The third-order valence-corrected chi connectivity index (χ3v) is 3.57. The molecule has 0 aliphatic rings. The molecule has 0 fully saturated rings. The van der Waals surface area contributed by atoms with Crippen molar-refractivity contribution in [1.29, 1.82) is 0 Å². The molecule has 0 saturated heterocycles. The van der Waals surface area contributed by atoms with E-state index < -0.39 is 21.9 Å². The van der Waals surface area contributed by atoms with Crippen molar-refractivity contribution >= 4 is 15.7 Å². The van der Waals surface area contributed by atoms with E-state index in [0.29, 0.717) is 11.9 Å². The summed E-state index contributed by atoms with van der Waals surface area (Å²) in [6.07, 6.45) is -2.67. The van der Waals surface area contributed by atoms with Gasteiger partial charge >= 0.3 is 6.18 Å². The van der Waals surface area contributed by atoms with Crippen molar-refractivity contribution < 1.29 is 21.6 Å². The molecule has 0 atom stereocenters. The highest BCUT2D eigenvalue weighted by Gasteiger charge is 2.32. The summed E-state index contributed by atoms with van der Waals surface area (Å²) in [6, 6.07) is 1.67. The highest BCUT2D eigenvalue weighted by molar-refractivity contribution is 7.92. The standard InChI is InChI=1S/C10H9F3N4O2S/c1-6-14-5-9(16-6)20(18,19)17-7-2-3-8(15-4-7)10(11,12)13/h2-5,17H,1H3,(H,14,16). The van der Waals surface area contributed by atoms with Gasteiger partial charge in [0.1, 0.15) is 11.5 Å². The van der Waals surface area contributed by atoms with Crippen LogP contribution in [0, 0.1) is 6.92 Å². The summed E-state index contributed by atoms with van der Waals surface area (Å²) >= 11 is 0. The van der Waals surface area contributed by atoms with E-state index >= 15 is 0 Å². The first kappa shape index (κ1) is 14.3. The first-order chi connectivity index (χ1) is 9.18. The highest BCUT2D eigenvalue weighted by atomic mass is 32.2. The molecule has 10 heteroatoms. The number of halogens is 3. The van der Waals surface area contributed by atoms with Crippen LogP contribution in [0.2, 0.25) is 0 Å². The predicted molar refractivity (Wildman–Crippen MR) is 63.4 cm³/mol. The highest BCUT2D eigenvalue weighted by Crippen LogP contribution is 2.28. The molecule has 2 aromatic heterocycles. The number of imidazole rings is 1. The van der Waals surface area contributed by atoms with Gasteiger partial charge in [-0.2, -0.15) is 21.6 Å². The zero-order valence-corrected chi connectivity index (χ0v) is 10.9. The summed E-state index contributed by atoms with van der Waals surface area (Å²) in [5.41, 5.74) is -1.18. The van der Waals surface area contributed by atoms with Crippen molar-refractivity contribution in [3.05, 3.63) is 36.0 Å². The molecule has 2 heterocycles. The van der Waals surface area contributed by atoms with Gasteiger partial charge in [-0.05, 0) is 19.1 Å². The van der Waals surface area contributed by atoms with Crippen LogP contribution in [0.1, 0.15) is 11.5 Å². The average molecular weight is 306 g/mol. The van der Waals surface area contributed by atoms with Gasteiger partial charge < -0.3 is 4.98 Å². The van der Waals surface area contributed by atoms with Gasteiger partial charge in [0, 0.05) is 0 Å². The van der Waals surface area contributed by atoms with Crippen LogP contribution in [-0.4, -0.2) is 23.4 Å². The molecule has 2 rings (SSSR count). The minimum absolute atomic E-state index is 0.0785. The molecule has 0 radical (unpaired) electrons. The molecule has 0 spiro atoms. The quantitative estimate of drug-likeness (QED) is 0.907. The molecule has 0 saturated carbocycles. The molecule has 0 aliphatic heterocycles. The zero-order valence-electron chi connectivity index (χ0n) is 10.1. The van der Waals surface area contributed by atoms with Crippen molar-refractivity contribution in [3.8, 4) is 0 Å². The van der Waals surface area contributed by atoms with Crippen LogP contribution in [0.3, 0.4) is 0 Å². The SMILES string of the molecule is Cc1ncc(S(=O)(=O)Nc2ccc(C(F)(F)F)nc2)[nH]1. The number of pyridine rings is 1. The van der Waals surface area contributed by atoms with Crippen molar-refractivity contribution in [3.63, 3.8) is 0 Å². The van der Waals surface area contributed by atoms with Crippen LogP contribution < -0.4 is 4.72 Å². The number of rotatable bonds is 3. The Labute approximate surface area is 112 Å². The number of aryl methyl sites for hydroxylation is 1. The molecule has 0 unspecified atom stereocenters. The number of alkyl halides is 3. The van der Waals surface area contributed by atoms with Crippen molar-refractivity contribution in [2.75, 3.05) is 4.72 Å². The summed E-state index contributed by atoms with van der Waals surface area (Å²) < 4.78 is 62.8. The molecule has 108 valence electrons. The van der Waals surface area contributed by atoms with E-state index in [1.165, 1.54) is 0 Å². The number of H-pyrrole nitrogens is 1. The monoisotopic (exact) mass is 306 g/mol. The zero-order chi connectivity index (χ0) is 15.0. The van der Waals surface area contributed by atoms with Gasteiger partial charge in [-0.25, -0.2) is 9.97 Å². The molecule has 6 nitrogen and oxygen atoms in total. The number of nitrogens with zero attached hydrogens (tertiary/aromatic N) is 2. The summed E-state index contributed by atoms with van der Waals surface area (Å²) in [6.45, 7) is 1.57. The Morgan fingerprint density at radius 2 is 1.90 bits per heavy atom. The van der Waals surface area contributed by atoms with Gasteiger partial charge in [0.15, 0.2) is 5.03 Å². The Bertz CT molecular complexity index is 707. The van der Waals surface area contributed by atoms with Crippen LogP contribution in [0.5, 0.6) is 0 Å². The van der Waals surface area contributed by atoms with Gasteiger partial charge in [-0.15, -0.1) is 0 Å². The fourth-order valence-corrected chi connectivity index (χ4v) is 2.38. The van der Waals surface area contributed by atoms with Crippen LogP contribution in [-0.2, 0) is 16.2 Å². The molecule has 0 amide bonds. The molecule has 0 aromatic carbocycles. The number of nitrogens with one attached hydrogen (secondary N) is 2. The molecule has 0 bridgehead atoms.